The Morgan fingerprint density at radius 2 is 1.92 bits per heavy atom. The van der Waals surface area contributed by atoms with Crippen LogP contribution >= 0.6 is 22.7 Å². The number of rotatable bonds is 4. The lowest BCUT2D eigenvalue weighted by Gasteiger charge is -2.23. The number of benzene rings is 1. The van der Waals surface area contributed by atoms with Gasteiger partial charge in [0, 0.05) is 10.6 Å². The van der Waals surface area contributed by atoms with Gasteiger partial charge in [0.05, 0.1) is 22.0 Å². The van der Waals surface area contributed by atoms with Crippen molar-refractivity contribution in [1.29, 1.82) is 0 Å². The largest absolute Gasteiger partial charge is 0.326 e. The van der Waals surface area contributed by atoms with Crippen molar-refractivity contribution in [3.63, 3.8) is 0 Å². The van der Waals surface area contributed by atoms with Crippen molar-refractivity contribution in [3.8, 4) is 10.6 Å². The van der Waals surface area contributed by atoms with Crippen molar-refractivity contribution in [1.82, 2.24) is 4.98 Å². The van der Waals surface area contributed by atoms with Crippen LogP contribution in [0.5, 0.6) is 0 Å². The van der Waals surface area contributed by atoms with Crippen LogP contribution in [0.25, 0.3) is 10.6 Å². The quantitative estimate of drug-likeness (QED) is 0.644. The zero-order chi connectivity index (χ0) is 18.0. The summed E-state index contributed by atoms with van der Waals surface area (Å²) in [5, 5.41) is 6.11. The van der Waals surface area contributed by atoms with Crippen molar-refractivity contribution in [3.05, 3.63) is 57.2 Å². The van der Waals surface area contributed by atoms with Crippen LogP contribution in [0, 0.1) is 6.92 Å². The maximum absolute atomic E-state index is 12.7. The van der Waals surface area contributed by atoms with Crippen molar-refractivity contribution >= 4 is 34.3 Å². The molecule has 130 valence electrons. The summed E-state index contributed by atoms with van der Waals surface area (Å²) in [6.07, 6.45) is 0.344. The Kier molecular flexibility index (Phi) is 5.06. The number of thiophene rings is 1. The predicted molar refractivity (Wildman–Crippen MR) is 108 cm³/mol. The van der Waals surface area contributed by atoms with E-state index in [9.17, 15) is 4.79 Å². The Morgan fingerprint density at radius 1 is 1.16 bits per heavy atom. The van der Waals surface area contributed by atoms with Crippen LogP contribution in [0.2, 0.25) is 0 Å². The number of nitrogens with zero attached hydrogens (tertiary/aromatic N) is 1. The first-order chi connectivity index (χ1) is 11.8. The number of thiazole rings is 1. The second-order valence-electron chi connectivity index (χ2n) is 7.00. The molecule has 5 heteroatoms. The third-order valence-electron chi connectivity index (χ3n) is 3.89. The van der Waals surface area contributed by atoms with Gasteiger partial charge >= 0.3 is 0 Å². The Morgan fingerprint density at radius 3 is 2.60 bits per heavy atom. The van der Waals surface area contributed by atoms with Crippen LogP contribution in [0.15, 0.2) is 41.8 Å². The molecule has 0 aliphatic rings. The highest BCUT2D eigenvalue weighted by Crippen LogP contribution is 2.32. The third-order valence-corrected chi connectivity index (χ3v) is 5.74. The van der Waals surface area contributed by atoms with Gasteiger partial charge in [-0.3, -0.25) is 4.79 Å². The van der Waals surface area contributed by atoms with Gasteiger partial charge in [0.1, 0.15) is 0 Å². The van der Waals surface area contributed by atoms with Gasteiger partial charge in [0.25, 0.3) is 0 Å². The lowest BCUT2D eigenvalue weighted by atomic mass is 9.86. The predicted octanol–water partition coefficient (Wildman–Crippen LogP) is 5.66. The Hall–Kier alpha value is -1.98. The second kappa shape index (κ2) is 7.10. The van der Waals surface area contributed by atoms with Crippen LogP contribution < -0.4 is 5.32 Å². The highest BCUT2D eigenvalue weighted by atomic mass is 32.1. The Labute approximate surface area is 156 Å². The van der Waals surface area contributed by atoms with E-state index >= 15 is 0 Å². The smallest absolute Gasteiger partial charge is 0.229 e. The van der Waals surface area contributed by atoms with Gasteiger partial charge in [-0.15, -0.1) is 22.7 Å². The van der Waals surface area contributed by atoms with E-state index in [0.29, 0.717) is 6.42 Å². The fourth-order valence-electron chi connectivity index (χ4n) is 2.78. The monoisotopic (exact) mass is 370 g/mol. The van der Waals surface area contributed by atoms with Gasteiger partial charge in [-0.05, 0) is 35.4 Å². The fourth-order valence-corrected chi connectivity index (χ4v) is 4.54. The van der Waals surface area contributed by atoms with Crippen molar-refractivity contribution in [2.45, 2.75) is 39.5 Å². The number of hydrogen-bond donors (Lipinski definition) is 1. The number of para-hydroxylation sites is 1. The summed E-state index contributed by atoms with van der Waals surface area (Å²) < 4.78 is 0. The summed E-state index contributed by atoms with van der Waals surface area (Å²) in [5.41, 5.74) is 2.95. The Bertz CT molecular complexity index is 873. The lowest BCUT2D eigenvalue weighted by molar-refractivity contribution is -0.115. The lowest BCUT2D eigenvalue weighted by Crippen LogP contribution is -2.19. The molecule has 0 spiro atoms. The van der Waals surface area contributed by atoms with E-state index in [-0.39, 0.29) is 11.3 Å². The number of aryl methyl sites for hydroxylation is 1. The number of nitrogens with one attached hydrogen (secondary N) is 1. The molecule has 0 saturated carbocycles. The first-order valence-corrected chi connectivity index (χ1v) is 9.94. The molecule has 3 aromatic rings. The normalized spacial score (nSPS) is 11.5. The van der Waals surface area contributed by atoms with Crippen LogP contribution in [0.1, 0.15) is 36.2 Å². The topological polar surface area (TPSA) is 42.0 Å². The molecule has 2 aromatic heterocycles. The molecule has 1 aromatic carbocycles. The van der Waals surface area contributed by atoms with Gasteiger partial charge in [0.2, 0.25) is 5.91 Å². The maximum Gasteiger partial charge on any atom is 0.229 e. The van der Waals surface area contributed by atoms with Crippen LogP contribution in [0.4, 0.5) is 5.69 Å². The Balaban J connectivity index is 1.81. The average molecular weight is 371 g/mol. The highest BCUT2D eigenvalue weighted by Gasteiger charge is 2.20. The number of aromatic nitrogens is 1. The third kappa shape index (κ3) is 4.17. The number of carbonyl (C=O) groups excluding carboxylic acids is 1. The molecule has 1 N–H and O–H groups in total. The van der Waals surface area contributed by atoms with Crippen molar-refractivity contribution < 1.29 is 4.79 Å². The van der Waals surface area contributed by atoms with E-state index < -0.39 is 0 Å². The van der Waals surface area contributed by atoms with E-state index in [2.05, 4.69) is 43.2 Å². The molecule has 0 saturated heterocycles. The standard InChI is InChI=1S/C20H22N2OS2/c1-13-21-19(16-10-7-11-24-16)17(25-13)12-18(23)22-15-9-6-5-8-14(15)20(2,3)4/h5-11H,12H2,1-4H3,(H,22,23). The number of carbonyl (C=O) groups is 1. The first kappa shape index (κ1) is 17.8. The van der Waals surface area contributed by atoms with Gasteiger partial charge in [-0.1, -0.05) is 45.0 Å². The van der Waals surface area contributed by atoms with Gasteiger partial charge in [-0.2, -0.15) is 0 Å². The fraction of sp³-hybridized carbons (Fsp3) is 0.300. The molecule has 0 aliphatic carbocycles. The van der Waals surface area contributed by atoms with Gasteiger partial charge in [-0.25, -0.2) is 4.98 Å². The molecule has 0 aliphatic heterocycles. The number of anilines is 1. The summed E-state index contributed by atoms with van der Waals surface area (Å²) in [6, 6.07) is 12.1. The van der Waals surface area contributed by atoms with Crippen LogP contribution in [-0.4, -0.2) is 10.9 Å². The second-order valence-corrected chi connectivity index (χ2v) is 9.24. The van der Waals surface area contributed by atoms with Crippen LogP contribution in [-0.2, 0) is 16.6 Å². The first-order valence-electron chi connectivity index (χ1n) is 8.24. The van der Waals surface area contributed by atoms with E-state index in [1.807, 2.05) is 36.6 Å². The molecule has 25 heavy (non-hydrogen) atoms. The highest BCUT2D eigenvalue weighted by molar-refractivity contribution is 7.15. The number of hydrogen-bond acceptors (Lipinski definition) is 4. The zero-order valence-corrected chi connectivity index (χ0v) is 16.6. The SMILES string of the molecule is Cc1nc(-c2cccs2)c(CC(=O)Nc2ccccc2C(C)(C)C)s1. The summed E-state index contributed by atoms with van der Waals surface area (Å²) in [6.45, 7) is 8.44. The molecule has 3 rings (SSSR count). The maximum atomic E-state index is 12.7. The summed E-state index contributed by atoms with van der Waals surface area (Å²) in [7, 11) is 0. The molecule has 0 fully saturated rings. The molecule has 3 nitrogen and oxygen atoms in total. The molecule has 1 amide bonds. The molecule has 0 bridgehead atoms. The van der Waals surface area contributed by atoms with Gasteiger partial charge < -0.3 is 5.32 Å². The van der Waals surface area contributed by atoms with E-state index in [0.717, 1.165) is 31.7 Å². The summed E-state index contributed by atoms with van der Waals surface area (Å²) in [5.74, 6) is -0.00171. The minimum Gasteiger partial charge on any atom is -0.326 e. The molecule has 2 heterocycles. The zero-order valence-electron chi connectivity index (χ0n) is 14.9. The van der Waals surface area contributed by atoms with Crippen molar-refractivity contribution in [2.75, 3.05) is 5.32 Å². The van der Waals surface area contributed by atoms with E-state index in [1.54, 1.807) is 22.7 Å². The van der Waals surface area contributed by atoms with E-state index in [4.69, 9.17) is 0 Å². The van der Waals surface area contributed by atoms with E-state index in [1.165, 1.54) is 0 Å². The molecule has 0 radical (unpaired) electrons. The number of amides is 1. The molecule has 0 atom stereocenters. The average Bonchev–Trinajstić information content (AvgIpc) is 3.16. The van der Waals surface area contributed by atoms with Crippen molar-refractivity contribution in [2.24, 2.45) is 0 Å². The molecular formula is C20H22N2OS2. The minimum absolute atomic E-state index is 0.00171. The minimum atomic E-state index is -0.0208. The van der Waals surface area contributed by atoms with Crippen LogP contribution in [0.3, 0.4) is 0 Å². The van der Waals surface area contributed by atoms with Gasteiger partial charge in [0.15, 0.2) is 0 Å². The molecular weight excluding hydrogens is 348 g/mol. The molecule has 0 unspecified atom stereocenters. The summed E-state index contributed by atoms with van der Waals surface area (Å²) >= 11 is 3.25. The summed E-state index contributed by atoms with van der Waals surface area (Å²) in [4.78, 5) is 19.4.